The average Bonchev–Trinajstić information content (AvgIpc) is 3.27. The monoisotopic (exact) mass is 636 g/mol. The molecule has 5 atom stereocenters. The first-order valence-electron chi connectivity index (χ1n) is 16.2. The Hall–Kier alpha value is -3.82. The number of hydrogen-bond donors (Lipinski definition) is 3. The lowest BCUT2D eigenvalue weighted by atomic mass is 9.84. The Morgan fingerprint density at radius 3 is 2.20 bits per heavy atom. The molecule has 0 bridgehead atoms. The molecule has 1 saturated carbocycles. The zero-order valence-corrected chi connectivity index (χ0v) is 28.7. The van der Waals surface area contributed by atoms with Gasteiger partial charge in [0.05, 0.1) is 6.04 Å². The molecule has 10 heteroatoms. The van der Waals surface area contributed by atoms with Gasteiger partial charge in [-0.1, -0.05) is 71.0 Å². The maximum atomic E-state index is 14.1. The van der Waals surface area contributed by atoms with Gasteiger partial charge in [-0.05, 0) is 55.4 Å². The van der Waals surface area contributed by atoms with E-state index in [-0.39, 0.29) is 60.5 Å². The minimum atomic E-state index is -0.933. The minimum absolute atomic E-state index is 0.0866. The lowest BCUT2D eigenvalue weighted by Crippen LogP contribution is -2.60. The summed E-state index contributed by atoms with van der Waals surface area (Å²) in [6, 6.07) is 7.21. The summed E-state index contributed by atoms with van der Waals surface area (Å²) in [5, 5.41) is 8.42. The van der Waals surface area contributed by atoms with Crippen molar-refractivity contribution in [1.82, 2.24) is 20.9 Å². The first-order chi connectivity index (χ1) is 21.3. The van der Waals surface area contributed by atoms with Gasteiger partial charge in [0.25, 0.3) is 0 Å². The summed E-state index contributed by atoms with van der Waals surface area (Å²) in [6.07, 6.45) is 1.00. The van der Waals surface area contributed by atoms with Crippen molar-refractivity contribution in [3.8, 4) is 0 Å². The van der Waals surface area contributed by atoms with E-state index in [4.69, 9.17) is 0 Å². The van der Waals surface area contributed by atoms with Crippen molar-refractivity contribution >= 4 is 35.2 Å². The van der Waals surface area contributed by atoms with Crippen molar-refractivity contribution in [2.75, 3.05) is 6.54 Å². The third kappa shape index (κ3) is 9.13. The molecule has 2 fully saturated rings. The summed E-state index contributed by atoms with van der Waals surface area (Å²) in [7, 11) is 0. The highest BCUT2D eigenvalue weighted by Crippen LogP contribution is 2.65. The summed E-state index contributed by atoms with van der Waals surface area (Å²) < 4.78 is 0. The summed E-state index contributed by atoms with van der Waals surface area (Å²) in [5.74, 6) is -3.30. The first-order valence-corrected chi connectivity index (χ1v) is 16.2. The van der Waals surface area contributed by atoms with E-state index in [1.165, 1.54) is 6.08 Å². The highest BCUT2D eigenvalue weighted by Gasteiger charge is 2.69. The molecule has 3 rings (SSSR count). The summed E-state index contributed by atoms with van der Waals surface area (Å²) >= 11 is 0. The normalized spacial score (nSPS) is 21.3. The standard InChI is InChI=1S/C36H52N4O6/c1-10-14-23(30(44)25(41)17-18-27(43)37-20-22-15-12-11-13-16-22)19-26(42)29-28-24(36(28,8)9)21-40(29)32(45)31(34(2,3)4)38-33(46)39-35(5,6)7/h10-13,15-16,23-24,28-29,31H,1,14,17-21H2,2-9H3,(H,37,43)(H2,38,39,46)/t23?,24-,28-,29+,31+/m0/s1. The molecule has 1 heterocycles. The Morgan fingerprint density at radius 1 is 1.00 bits per heavy atom. The predicted molar refractivity (Wildman–Crippen MR) is 176 cm³/mol. The molecule has 3 N–H and O–H groups in total. The van der Waals surface area contributed by atoms with Crippen molar-refractivity contribution in [3.05, 3.63) is 48.6 Å². The van der Waals surface area contributed by atoms with Gasteiger partial charge in [-0.3, -0.25) is 24.0 Å². The minimum Gasteiger partial charge on any atom is -0.352 e. The number of amides is 4. The highest BCUT2D eigenvalue weighted by atomic mass is 16.2. The number of rotatable bonds is 14. The number of Topliss-reactive ketones (excluding diaryl/α,β-unsaturated/α-hetero) is 3. The maximum absolute atomic E-state index is 14.1. The fraction of sp³-hybridized carbons (Fsp3) is 0.611. The number of likely N-dealkylation sites (tertiary alicyclic amines) is 1. The van der Waals surface area contributed by atoms with Gasteiger partial charge in [-0.25, -0.2) is 4.79 Å². The summed E-state index contributed by atoms with van der Waals surface area (Å²) in [6.45, 7) is 19.7. The third-order valence-electron chi connectivity index (χ3n) is 9.15. The number of carbonyl (C=O) groups excluding carboxylic acids is 6. The number of allylic oxidation sites excluding steroid dienone is 1. The SMILES string of the molecule is C=CCC(CC(=O)[C@@H]1[C@@H]2[C@H](CN1C(=O)[C@@H](NC(=O)NC(C)(C)C)C(C)(C)C)C2(C)C)C(=O)C(=O)CCC(=O)NCc1ccccc1. The Labute approximate surface area is 273 Å². The number of nitrogens with zero attached hydrogens (tertiary/aromatic N) is 1. The molecule has 1 saturated heterocycles. The topological polar surface area (TPSA) is 142 Å². The van der Waals surface area contributed by atoms with E-state index in [0.717, 1.165) is 5.56 Å². The van der Waals surface area contributed by atoms with E-state index in [0.29, 0.717) is 13.1 Å². The molecule has 1 unspecified atom stereocenters. The number of nitrogens with one attached hydrogen (secondary N) is 3. The highest BCUT2D eigenvalue weighted by molar-refractivity contribution is 6.38. The van der Waals surface area contributed by atoms with E-state index in [9.17, 15) is 28.8 Å². The maximum Gasteiger partial charge on any atom is 0.315 e. The van der Waals surface area contributed by atoms with Gasteiger partial charge >= 0.3 is 6.03 Å². The smallest absolute Gasteiger partial charge is 0.315 e. The lowest BCUT2D eigenvalue weighted by Gasteiger charge is -2.38. The molecule has 1 aliphatic heterocycles. The van der Waals surface area contributed by atoms with E-state index in [1.54, 1.807) is 4.90 Å². The lowest BCUT2D eigenvalue weighted by molar-refractivity contribution is -0.144. The van der Waals surface area contributed by atoms with E-state index in [1.807, 2.05) is 71.9 Å². The molecule has 10 nitrogen and oxygen atoms in total. The van der Waals surface area contributed by atoms with Gasteiger partial charge < -0.3 is 20.9 Å². The molecule has 1 aromatic rings. The van der Waals surface area contributed by atoms with Crippen LogP contribution >= 0.6 is 0 Å². The molecule has 1 aliphatic carbocycles. The van der Waals surface area contributed by atoms with Crippen LogP contribution in [-0.2, 0) is 30.5 Å². The largest absolute Gasteiger partial charge is 0.352 e. The van der Waals surface area contributed by atoms with Crippen LogP contribution in [0.3, 0.4) is 0 Å². The zero-order valence-electron chi connectivity index (χ0n) is 28.7. The molecule has 1 aromatic carbocycles. The summed E-state index contributed by atoms with van der Waals surface area (Å²) in [4.78, 5) is 81.0. The van der Waals surface area contributed by atoms with Crippen molar-refractivity contribution in [3.63, 3.8) is 0 Å². The molecular formula is C36H52N4O6. The van der Waals surface area contributed by atoms with Crippen molar-refractivity contribution in [2.24, 2.45) is 28.6 Å². The van der Waals surface area contributed by atoms with Crippen LogP contribution in [0.25, 0.3) is 0 Å². The van der Waals surface area contributed by atoms with Crippen LogP contribution in [0.15, 0.2) is 43.0 Å². The molecule has 0 aromatic heterocycles. The molecule has 2 aliphatic rings. The van der Waals surface area contributed by atoms with Crippen LogP contribution in [0, 0.1) is 28.6 Å². The van der Waals surface area contributed by atoms with Gasteiger partial charge in [0.2, 0.25) is 17.6 Å². The fourth-order valence-electron chi connectivity index (χ4n) is 6.52. The second-order valence-electron chi connectivity index (χ2n) is 15.5. The van der Waals surface area contributed by atoms with E-state index in [2.05, 4.69) is 36.4 Å². The van der Waals surface area contributed by atoms with E-state index >= 15 is 0 Å². The van der Waals surface area contributed by atoms with Gasteiger partial charge in [-0.15, -0.1) is 6.58 Å². The molecule has 4 amide bonds. The van der Waals surface area contributed by atoms with Gasteiger partial charge in [0.1, 0.15) is 6.04 Å². The van der Waals surface area contributed by atoms with Crippen LogP contribution in [0.4, 0.5) is 4.79 Å². The molecular weight excluding hydrogens is 584 g/mol. The number of benzene rings is 1. The van der Waals surface area contributed by atoms with Crippen molar-refractivity contribution in [2.45, 2.75) is 105 Å². The van der Waals surface area contributed by atoms with Crippen LogP contribution in [-0.4, -0.2) is 64.3 Å². The Morgan fingerprint density at radius 2 is 1.63 bits per heavy atom. The first kappa shape index (κ1) is 36.6. The number of hydrogen-bond acceptors (Lipinski definition) is 6. The molecule has 252 valence electrons. The van der Waals surface area contributed by atoms with Gasteiger partial charge in [0, 0.05) is 43.8 Å². The molecule has 46 heavy (non-hydrogen) atoms. The Kier molecular flexibility index (Phi) is 11.4. The van der Waals surface area contributed by atoms with E-state index < -0.39 is 46.6 Å². The van der Waals surface area contributed by atoms with Crippen LogP contribution in [0.1, 0.15) is 86.6 Å². The number of carbonyl (C=O) groups is 6. The molecule has 0 spiro atoms. The van der Waals surface area contributed by atoms with Crippen LogP contribution < -0.4 is 16.0 Å². The summed E-state index contributed by atoms with van der Waals surface area (Å²) in [5.41, 5.74) is -0.403. The number of fused-ring (bicyclic) bond motifs is 1. The Balaban J connectivity index is 1.70. The number of ketones is 3. The van der Waals surface area contributed by atoms with Crippen LogP contribution in [0.5, 0.6) is 0 Å². The quantitative estimate of drug-likeness (QED) is 0.205. The van der Waals surface area contributed by atoms with Gasteiger partial charge in [-0.2, -0.15) is 0 Å². The average molecular weight is 637 g/mol. The number of piperidine rings is 1. The van der Waals surface area contributed by atoms with Crippen molar-refractivity contribution in [1.29, 1.82) is 0 Å². The predicted octanol–water partition coefficient (Wildman–Crippen LogP) is 4.37. The van der Waals surface area contributed by atoms with Crippen molar-refractivity contribution < 1.29 is 28.8 Å². The van der Waals surface area contributed by atoms with Crippen LogP contribution in [0.2, 0.25) is 0 Å². The second kappa shape index (κ2) is 14.3. The fourth-order valence-corrected chi connectivity index (χ4v) is 6.52. The Bertz CT molecular complexity index is 1340. The third-order valence-corrected chi connectivity index (χ3v) is 9.15. The zero-order chi connectivity index (χ0) is 34.6. The second-order valence-corrected chi connectivity index (χ2v) is 15.5. The molecule has 0 radical (unpaired) electrons. The number of urea groups is 1. The van der Waals surface area contributed by atoms with Gasteiger partial charge in [0.15, 0.2) is 11.6 Å².